The van der Waals surface area contributed by atoms with Crippen LogP contribution in [0.3, 0.4) is 0 Å². The summed E-state index contributed by atoms with van der Waals surface area (Å²) in [6.45, 7) is 3.03. The molecule has 0 aliphatic carbocycles. The number of carbonyl (C=O) groups excluding carboxylic acids is 2. The molecule has 0 fully saturated rings. The number of aromatic nitrogens is 2. The van der Waals surface area contributed by atoms with E-state index in [1.807, 2.05) is 30.3 Å². The lowest BCUT2D eigenvalue weighted by Crippen LogP contribution is -2.36. The second kappa shape index (κ2) is 6.99. The number of amides is 3. The highest BCUT2D eigenvalue weighted by Gasteiger charge is 2.29. The second-order valence-corrected chi connectivity index (χ2v) is 6.41. The summed E-state index contributed by atoms with van der Waals surface area (Å²) in [4.78, 5) is 26.4. The third-order valence-electron chi connectivity index (χ3n) is 4.52. The van der Waals surface area contributed by atoms with E-state index < -0.39 is 0 Å². The van der Waals surface area contributed by atoms with Crippen molar-refractivity contribution in [2.45, 2.75) is 26.6 Å². The molecule has 0 bridgehead atoms. The van der Waals surface area contributed by atoms with Gasteiger partial charge in [0, 0.05) is 17.7 Å². The summed E-state index contributed by atoms with van der Waals surface area (Å²) < 4.78 is 5.21. The molecule has 2 aromatic heterocycles. The zero-order valence-corrected chi connectivity index (χ0v) is 14.8. The first-order valence-electron chi connectivity index (χ1n) is 8.60. The third-order valence-corrected chi connectivity index (χ3v) is 4.52. The Balaban J connectivity index is 1.38. The molecule has 8 nitrogen and oxygen atoms in total. The summed E-state index contributed by atoms with van der Waals surface area (Å²) in [5.74, 6) is 0.397. The highest BCUT2D eigenvalue weighted by atomic mass is 16.3. The molecule has 0 saturated carbocycles. The molecule has 3 amide bonds. The largest absolute Gasteiger partial charge is 0.459 e. The van der Waals surface area contributed by atoms with Crippen LogP contribution in [0.2, 0.25) is 0 Å². The molecule has 8 heteroatoms. The molecule has 3 heterocycles. The van der Waals surface area contributed by atoms with E-state index >= 15 is 0 Å². The lowest BCUT2D eigenvalue weighted by atomic mass is 10.2. The van der Waals surface area contributed by atoms with Crippen molar-refractivity contribution in [2.24, 2.45) is 0 Å². The van der Waals surface area contributed by atoms with Crippen molar-refractivity contribution in [3.8, 4) is 0 Å². The van der Waals surface area contributed by atoms with Gasteiger partial charge in [0.25, 0.3) is 5.91 Å². The van der Waals surface area contributed by atoms with Gasteiger partial charge >= 0.3 is 6.03 Å². The molecule has 1 aliphatic rings. The smallest absolute Gasteiger partial charge is 0.318 e. The summed E-state index contributed by atoms with van der Waals surface area (Å²) in [5.41, 5.74) is 3.34. The van der Waals surface area contributed by atoms with E-state index in [4.69, 9.17) is 4.42 Å². The molecule has 3 N–H and O–H groups in total. The second-order valence-electron chi connectivity index (χ2n) is 6.41. The lowest BCUT2D eigenvalue weighted by molar-refractivity contribution is 0.0995. The number of fused-ring (bicyclic) bond motifs is 1. The van der Waals surface area contributed by atoms with E-state index in [9.17, 15) is 9.59 Å². The van der Waals surface area contributed by atoms with E-state index in [1.165, 1.54) is 6.26 Å². The van der Waals surface area contributed by atoms with Gasteiger partial charge in [-0.3, -0.25) is 9.89 Å². The van der Waals surface area contributed by atoms with Crippen LogP contribution in [0, 0.1) is 6.92 Å². The normalized spacial score (nSPS) is 12.7. The Hall–Kier alpha value is -3.55. The van der Waals surface area contributed by atoms with Gasteiger partial charge in [-0.1, -0.05) is 30.3 Å². The van der Waals surface area contributed by atoms with E-state index in [-0.39, 0.29) is 17.7 Å². The molecule has 0 atom stereocenters. The molecule has 138 valence electrons. The van der Waals surface area contributed by atoms with Crippen LogP contribution in [0.1, 0.15) is 32.9 Å². The fourth-order valence-corrected chi connectivity index (χ4v) is 3.04. The molecule has 0 spiro atoms. The van der Waals surface area contributed by atoms with Gasteiger partial charge in [-0.2, -0.15) is 5.10 Å². The van der Waals surface area contributed by atoms with Gasteiger partial charge in [-0.25, -0.2) is 4.79 Å². The molecule has 0 unspecified atom stereocenters. The number of furan rings is 1. The number of aromatic amines is 1. The number of carbonyl (C=O) groups is 2. The number of hydrogen-bond donors (Lipinski definition) is 3. The molecule has 0 saturated heterocycles. The number of H-pyrrole nitrogens is 1. The van der Waals surface area contributed by atoms with Crippen LogP contribution < -0.4 is 10.6 Å². The molecular weight excluding hydrogens is 346 g/mol. The van der Waals surface area contributed by atoms with Gasteiger partial charge in [0.2, 0.25) is 0 Å². The maximum atomic E-state index is 12.4. The van der Waals surface area contributed by atoms with Crippen molar-refractivity contribution in [1.82, 2.24) is 20.4 Å². The van der Waals surface area contributed by atoms with Gasteiger partial charge in [0.05, 0.1) is 25.0 Å². The third kappa shape index (κ3) is 3.41. The van der Waals surface area contributed by atoms with Crippen molar-refractivity contribution in [1.29, 1.82) is 0 Å². The van der Waals surface area contributed by atoms with Crippen LogP contribution in [0.25, 0.3) is 0 Å². The summed E-state index contributed by atoms with van der Waals surface area (Å²) in [6.07, 6.45) is 1.47. The molecule has 4 rings (SSSR count). The first-order valence-corrected chi connectivity index (χ1v) is 8.60. The SMILES string of the molecule is Cc1ccoc1C(=O)Nc1[nH]nc2c1CN(C(=O)NCc1ccccc1)C2. The number of urea groups is 1. The van der Waals surface area contributed by atoms with Gasteiger partial charge in [0.15, 0.2) is 5.76 Å². The van der Waals surface area contributed by atoms with Crippen LogP contribution in [-0.2, 0) is 19.6 Å². The number of nitrogens with one attached hydrogen (secondary N) is 3. The molecule has 1 aromatic carbocycles. The average molecular weight is 365 g/mol. The Morgan fingerprint density at radius 1 is 1.22 bits per heavy atom. The zero-order chi connectivity index (χ0) is 18.8. The monoisotopic (exact) mass is 365 g/mol. The first kappa shape index (κ1) is 16.9. The van der Waals surface area contributed by atoms with E-state index in [2.05, 4.69) is 20.8 Å². The molecule has 0 radical (unpaired) electrons. The number of aryl methyl sites for hydroxylation is 1. The summed E-state index contributed by atoms with van der Waals surface area (Å²) in [7, 11) is 0. The fourth-order valence-electron chi connectivity index (χ4n) is 3.04. The highest BCUT2D eigenvalue weighted by molar-refractivity contribution is 6.03. The lowest BCUT2D eigenvalue weighted by Gasteiger charge is -2.16. The first-order chi connectivity index (χ1) is 13.1. The Morgan fingerprint density at radius 2 is 2.04 bits per heavy atom. The van der Waals surface area contributed by atoms with Crippen LogP contribution in [0.5, 0.6) is 0 Å². The number of anilines is 1. The molecule has 27 heavy (non-hydrogen) atoms. The minimum absolute atomic E-state index is 0.170. The predicted octanol–water partition coefficient (Wildman–Crippen LogP) is 2.79. The predicted molar refractivity (Wildman–Crippen MR) is 97.9 cm³/mol. The Labute approximate surface area is 155 Å². The number of nitrogens with zero attached hydrogens (tertiary/aromatic N) is 2. The number of benzene rings is 1. The van der Waals surface area contributed by atoms with Gasteiger partial charge in [-0.05, 0) is 18.6 Å². The molecular formula is C19H19N5O3. The van der Waals surface area contributed by atoms with Gasteiger partial charge in [0.1, 0.15) is 5.82 Å². The van der Waals surface area contributed by atoms with Crippen molar-refractivity contribution in [3.63, 3.8) is 0 Å². The summed E-state index contributed by atoms with van der Waals surface area (Å²) >= 11 is 0. The van der Waals surface area contributed by atoms with E-state index in [0.717, 1.165) is 22.4 Å². The number of rotatable bonds is 4. The van der Waals surface area contributed by atoms with Crippen molar-refractivity contribution < 1.29 is 14.0 Å². The minimum Gasteiger partial charge on any atom is -0.459 e. The Kier molecular flexibility index (Phi) is 4.37. The zero-order valence-electron chi connectivity index (χ0n) is 14.8. The Morgan fingerprint density at radius 3 is 2.78 bits per heavy atom. The quantitative estimate of drug-likeness (QED) is 0.661. The average Bonchev–Trinajstić information content (AvgIpc) is 3.37. The van der Waals surface area contributed by atoms with Crippen LogP contribution >= 0.6 is 0 Å². The van der Waals surface area contributed by atoms with Crippen molar-refractivity contribution in [3.05, 3.63) is 70.8 Å². The van der Waals surface area contributed by atoms with E-state index in [0.29, 0.717) is 25.5 Å². The molecule has 3 aromatic rings. The highest BCUT2D eigenvalue weighted by Crippen LogP contribution is 2.27. The van der Waals surface area contributed by atoms with Crippen LogP contribution in [-0.4, -0.2) is 27.0 Å². The minimum atomic E-state index is -0.351. The Bertz CT molecular complexity index is 976. The van der Waals surface area contributed by atoms with Crippen molar-refractivity contribution in [2.75, 3.05) is 5.32 Å². The summed E-state index contributed by atoms with van der Waals surface area (Å²) in [5, 5.41) is 12.7. The topological polar surface area (TPSA) is 103 Å². The van der Waals surface area contributed by atoms with Crippen LogP contribution in [0.4, 0.5) is 10.6 Å². The van der Waals surface area contributed by atoms with E-state index in [1.54, 1.807) is 17.9 Å². The molecule has 1 aliphatic heterocycles. The maximum absolute atomic E-state index is 12.4. The fraction of sp³-hybridized carbons (Fsp3) is 0.211. The van der Waals surface area contributed by atoms with Gasteiger partial charge in [-0.15, -0.1) is 0 Å². The van der Waals surface area contributed by atoms with Gasteiger partial charge < -0.3 is 20.0 Å². The van der Waals surface area contributed by atoms with Crippen molar-refractivity contribution >= 4 is 17.8 Å². The summed E-state index contributed by atoms with van der Waals surface area (Å²) in [6, 6.07) is 11.3. The maximum Gasteiger partial charge on any atom is 0.318 e. The number of hydrogen-bond acceptors (Lipinski definition) is 4. The van der Waals surface area contributed by atoms with Crippen LogP contribution in [0.15, 0.2) is 47.1 Å². The standard InChI is InChI=1S/C19H19N5O3/c1-12-7-8-27-16(12)18(25)21-17-14-10-24(11-15(14)22-23-17)19(26)20-9-13-5-3-2-4-6-13/h2-8H,9-11H2,1H3,(H,20,26)(H2,21,22,23,25).